The summed E-state index contributed by atoms with van der Waals surface area (Å²) in [6.45, 7) is 1.79. The number of anilines is 1. The second-order valence-corrected chi connectivity index (χ2v) is 8.00. The van der Waals surface area contributed by atoms with Crippen LogP contribution in [-0.4, -0.2) is 63.9 Å². The van der Waals surface area contributed by atoms with Crippen molar-refractivity contribution in [3.8, 4) is 0 Å². The summed E-state index contributed by atoms with van der Waals surface area (Å²) in [5, 5.41) is 18.1. The zero-order chi connectivity index (χ0) is 20.6. The first-order chi connectivity index (χ1) is 12.3. The van der Waals surface area contributed by atoms with E-state index in [1.54, 1.807) is 0 Å². The molecule has 1 aliphatic rings. The molecule has 0 spiro atoms. The van der Waals surface area contributed by atoms with Crippen LogP contribution in [-0.2, 0) is 29.5 Å². The van der Waals surface area contributed by atoms with Crippen molar-refractivity contribution in [2.45, 2.75) is 25.5 Å². The van der Waals surface area contributed by atoms with Gasteiger partial charge in [0, 0.05) is 5.38 Å². The third-order valence-electron chi connectivity index (χ3n) is 3.31. The van der Waals surface area contributed by atoms with Gasteiger partial charge in [-0.2, -0.15) is 8.42 Å². The molecule has 1 saturated heterocycles. The number of rotatable bonds is 7. The fourth-order valence-electron chi connectivity index (χ4n) is 1.74. The average Bonchev–Trinajstić information content (AvgIpc) is 2.95. The van der Waals surface area contributed by atoms with Crippen LogP contribution in [0.1, 0.15) is 19.5 Å². The Hall–Kier alpha value is -1.14. The van der Waals surface area contributed by atoms with E-state index < -0.39 is 52.0 Å². The third-order valence-corrected chi connectivity index (χ3v) is 4.87. The number of aliphatic carboxylic acids is 1. The summed E-state index contributed by atoms with van der Waals surface area (Å²) in [4.78, 5) is 43.7. The number of carbonyl (C=O) groups excluding carboxylic acids is 3. The molecule has 0 saturated carbocycles. The maximum atomic E-state index is 12.4. The fourth-order valence-corrected chi connectivity index (χ4v) is 2.97. The summed E-state index contributed by atoms with van der Waals surface area (Å²) in [5.41, 5.74) is 3.08. The molecule has 1 atom stereocenters. The number of amides is 2. The molecule has 28 heavy (non-hydrogen) atoms. The third kappa shape index (κ3) is 5.69. The number of thiazole rings is 1. The molecule has 2 heterocycles. The molecular formula is C12H14KN5O8S2. The Labute approximate surface area is 205 Å². The molecule has 0 bridgehead atoms. The Morgan fingerprint density at radius 2 is 2.14 bits per heavy atom. The van der Waals surface area contributed by atoms with Crippen LogP contribution in [0.25, 0.3) is 0 Å². The zero-order valence-corrected chi connectivity index (χ0v) is 19.7. The molecule has 0 radical (unpaired) electrons. The van der Waals surface area contributed by atoms with E-state index in [9.17, 15) is 27.9 Å². The predicted octanol–water partition coefficient (Wildman–Crippen LogP) is -5.89. The number of hydrogen-bond donors (Lipinski definition) is 3. The van der Waals surface area contributed by atoms with Crippen molar-refractivity contribution in [3.63, 3.8) is 0 Å². The second kappa shape index (κ2) is 9.12. The number of aromatic nitrogens is 1. The van der Waals surface area contributed by atoms with Crippen molar-refractivity contribution in [1.29, 1.82) is 0 Å². The molecule has 1 aliphatic heterocycles. The molecule has 0 unspecified atom stereocenters. The number of oxime groups is 1. The van der Waals surface area contributed by atoms with Gasteiger partial charge >= 0.3 is 61.7 Å². The fraction of sp³-hybridized carbons (Fsp3) is 0.417. The number of hydrogen-bond acceptors (Lipinski definition) is 11. The maximum Gasteiger partial charge on any atom is 1.00 e. The Kier molecular flexibility index (Phi) is 8.11. The first-order valence-electron chi connectivity index (χ1n) is 7.12. The van der Waals surface area contributed by atoms with Crippen LogP contribution in [0.3, 0.4) is 0 Å². The van der Waals surface area contributed by atoms with E-state index in [1.165, 1.54) is 5.38 Å². The summed E-state index contributed by atoms with van der Waals surface area (Å²) in [5.74, 6) is -3.65. The smallest absolute Gasteiger partial charge is 0.546 e. The normalized spacial score (nSPS) is 17.4. The van der Waals surface area contributed by atoms with Crippen molar-refractivity contribution in [3.05, 3.63) is 11.1 Å². The Morgan fingerprint density at radius 1 is 1.54 bits per heavy atom. The number of β-lactam (4-membered cyclic amide) rings is 1. The van der Waals surface area contributed by atoms with Gasteiger partial charge in [-0.1, -0.05) is 5.16 Å². The van der Waals surface area contributed by atoms with Crippen LogP contribution < -0.4 is 67.5 Å². The summed E-state index contributed by atoms with van der Waals surface area (Å²) in [6, 6.07) is -1.24. The Bertz CT molecular complexity index is 928. The topological polar surface area (TPSA) is 204 Å². The van der Waals surface area contributed by atoms with Crippen LogP contribution in [0.5, 0.6) is 0 Å². The molecule has 4 N–H and O–H groups in total. The maximum absolute atomic E-state index is 12.4. The van der Waals surface area contributed by atoms with E-state index in [-0.39, 0.29) is 66.5 Å². The van der Waals surface area contributed by atoms with Crippen molar-refractivity contribution < 1.29 is 88.7 Å². The van der Waals surface area contributed by atoms with Gasteiger partial charge in [-0.15, -0.1) is 11.3 Å². The minimum Gasteiger partial charge on any atom is -0.546 e. The van der Waals surface area contributed by atoms with Crippen molar-refractivity contribution in [2.24, 2.45) is 5.16 Å². The number of nitrogens with one attached hydrogen (secondary N) is 1. The van der Waals surface area contributed by atoms with Crippen LogP contribution in [0.15, 0.2) is 10.5 Å². The quantitative estimate of drug-likeness (QED) is 0.116. The van der Waals surface area contributed by atoms with Gasteiger partial charge in [0.2, 0.25) is 0 Å². The standard InChI is InChI=1S/C12H15N5O8S2.K/c1-12(2,10(20)21)25-16-7(6-4-26-11(13)15-6)8(18)14-5-3-17(9(5)19)27(22,23)24;/h4-5H,3H2,1-2H3,(H2,13,15)(H,14,18)(H,20,21)(H,22,23,24);/q;+1/p-1/b16-7+;/t5-;/m0./s1. The minimum absolute atomic E-state index is 0. The van der Waals surface area contributed by atoms with Gasteiger partial charge in [-0.3, -0.25) is 14.1 Å². The molecule has 1 aromatic heterocycles. The van der Waals surface area contributed by atoms with E-state index in [0.29, 0.717) is 0 Å². The molecule has 1 aromatic rings. The number of carboxylic acids is 1. The molecule has 1 fully saturated rings. The molecule has 16 heteroatoms. The minimum atomic E-state index is -4.71. The number of carboxylic acid groups (broad SMARTS) is 1. The summed E-state index contributed by atoms with van der Waals surface area (Å²) >= 11 is 0.967. The SMILES string of the molecule is CC(C)(O/N=C(/C(=O)N[C@H]1CN(S(=O)(=O)O)C1=O)c1csc(N)n1)C(=O)[O-].[K+]. The summed E-state index contributed by atoms with van der Waals surface area (Å²) < 4.78 is 30.8. The number of nitrogen functional groups attached to an aromatic ring is 1. The molecule has 148 valence electrons. The van der Waals surface area contributed by atoms with Gasteiger partial charge in [0.15, 0.2) is 16.4 Å². The van der Waals surface area contributed by atoms with Gasteiger partial charge in [0.25, 0.3) is 11.8 Å². The van der Waals surface area contributed by atoms with E-state index in [4.69, 9.17) is 15.1 Å². The van der Waals surface area contributed by atoms with Gasteiger partial charge < -0.3 is 25.8 Å². The van der Waals surface area contributed by atoms with E-state index in [2.05, 4.69) is 15.5 Å². The monoisotopic (exact) mass is 459 g/mol. The van der Waals surface area contributed by atoms with Crippen LogP contribution in [0, 0.1) is 0 Å². The van der Waals surface area contributed by atoms with Crippen LogP contribution in [0.2, 0.25) is 0 Å². The van der Waals surface area contributed by atoms with Gasteiger partial charge in [0.1, 0.15) is 11.7 Å². The second-order valence-electron chi connectivity index (χ2n) is 5.77. The molecule has 13 nitrogen and oxygen atoms in total. The first-order valence-corrected chi connectivity index (χ1v) is 9.39. The van der Waals surface area contributed by atoms with Crippen molar-refractivity contribution >= 4 is 50.3 Å². The largest absolute Gasteiger partial charge is 1.00 e. The molecule has 0 aromatic carbocycles. The summed E-state index contributed by atoms with van der Waals surface area (Å²) in [6.07, 6.45) is 0. The van der Waals surface area contributed by atoms with Gasteiger partial charge in [-0.05, 0) is 13.8 Å². The van der Waals surface area contributed by atoms with E-state index in [1.807, 2.05) is 0 Å². The molecular weight excluding hydrogens is 445 g/mol. The first kappa shape index (κ1) is 24.9. The van der Waals surface area contributed by atoms with Crippen molar-refractivity contribution in [2.75, 3.05) is 12.3 Å². The Balaban J connectivity index is 0.00000392. The van der Waals surface area contributed by atoms with Crippen molar-refractivity contribution in [1.82, 2.24) is 14.6 Å². The van der Waals surface area contributed by atoms with Gasteiger partial charge in [-0.25, -0.2) is 9.29 Å². The molecule has 2 rings (SSSR count). The Morgan fingerprint density at radius 3 is 2.57 bits per heavy atom. The number of nitrogens with zero attached hydrogens (tertiary/aromatic N) is 3. The average molecular weight is 460 g/mol. The predicted molar refractivity (Wildman–Crippen MR) is 88.4 cm³/mol. The number of nitrogens with two attached hydrogens (primary N) is 1. The zero-order valence-electron chi connectivity index (χ0n) is 14.9. The summed E-state index contributed by atoms with van der Waals surface area (Å²) in [7, 11) is -4.71. The van der Waals surface area contributed by atoms with E-state index in [0.717, 1.165) is 25.2 Å². The van der Waals surface area contributed by atoms with Crippen LogP contribution >= 0.6 is 11.3 Å². The van der Waals surface area contributed by atoms with Gasteiger partial charge in [0.05, 0.1) is 12.5 Å². The molecule has 2 amide bonds. The number of carbonyl (C=O) groups is 3. The van der Waals surface area contributed by atoms with Crippen LogP contribution in [0.4, 0.5) is 5.13 Å². The molecule has 0 aliphatic carbocycles. The van der Waals surface area contributed by atoms with E-state index >= 15 is 0 Å².